The van der Waals surface area contributed by atoms with Crippen molar-refractivity contribution >= 4 is 70.2 Å². The molecule has 44 heavy (non-hydrogen) atoms. The van der Waals surface area contributed by atoms with Gasteiger partial charge in [-0.1, -0.05) is 0 Å². The number of rotatable bonds is 13. The predicted molar refractivity (Wildman–Crippen MR) is 202 cm³/mol. The van der Waals surface area contributed by atoms with Crippen LogP contribution in [-0.4, -0.2) is 55.2 Å². The molecule has 0 aliphatic rings. The van der Waals surface area contributed by atoms with Gasteiger partial charge < -0.3 is 0 Å². The maximum absolute atomic E-state index is 14.5. The van der Waals surface area contributed by atoms with E-state index in [0.29, 0.717) is 6.61 Å². The summed E-state index contributed by atoms with van der Waals surface area (Å²) in [6.07, 6.45) is 2.27. The number of ether oxygens (including phenoxy) is 1. The molecule has 0 saturated heterocycles. The van der Waals surface area contributed by atoms with Gasteiger partial charge in [0.25, 0.3) is 0 Å². The molecule has 2 nitrogen and oxygen atoms in total. The third kappa shape index (κ3) is 8.62. The van der Waals surface area contributed by atoms with E-state index in [2.05, 4.69) is 167 Å². The molecule has 4 aromatic rings. The van der Waals surface area contributed by atoms with Gasteiger partial charge in [-0.3, -0.25) is 0 Å². The topological polar surface area (TPSA) is 26.3 Å². The average molecular weight is 742 g/mol. The Kier molecular flexibility index (Phi) is 11.5. The molecule has 0 radical (unpaired) electrons. The monoisotopic (exact) mass is 742 g/mol. The van der Waals surface area contributed by atoms with E-state index in [0.717, 1.165) is 9.15 Å². The number of carbonyl (C=O) groups excluding carboxylic acids is 1. The number of esters is 1. The zero-order valence-electron chi connectivity index (χ0n) is 27.8. The summed E-state index contributed by atoms with van der Waals surface area (Å²) < 4.78 is 10.7. The third-order valence-corrected chi connectivity index (χ3v) is 63.9. The van der Waals surface area contributed by atoms with E-state index in [1.165, 1.54) is 27.7 Å². The summed E-state index contributed by atoms with van der Waals surface area (Å²) in [4.78, 5) is 14.5. The molecule has 0 heterocycles. The Morgan fingerprint density at radius 2 is 0.886 bits per heavy atom. The quantitative estimate of drug-likeness (QED) is 0.0788. The summed E-state index contributed by atoms with van der Waals surface area (Å²) in [5.74, 6) is -0.0688. The molecular weight excluding hydrogens is 691 g/mol. The van der Waals surface area contributed by atoms with E-state index < -0.39 is 42.6 Å². The van der Waals surface area contributed by atoms with Crippen LogP contribution in [0.25, 0.3) is 6.08 Å². The Balaban J connectivity index is 2.04. The maximum atomic E-state index is 14.5. The fourth-order valence-corrected chi connectivity index (χ4v) is 84.4. The molecule has 0 N–H and O–H groups in total. The van der Waals surface area contributed by atoms with Crippen LogP contribution in [0.4, 0.5) is 0 Å². The molecule has 0 aliphatic carbocycles. The van der Waals surface area contributed by atoms with Crippen molar-refractivity contribution in [3.8, 4) is 0 Å². The molecule has 230 valence electrons. The minimum atomic E-state index is -3.73. The fraction of sp³-hybridized carbons (Fsp3) is 0.289. The molecule has 0 saturated carbocycles. The summed E-state index contributed by atoms with van der Waals surface area (Å²) in [6, 6.07) is 44.1. The van der Waals surface area contributed by atoms with Crippen molar-refractivity contribution < 1.29 is 9.53 Å². The van der Waals surface area contributed by atoms with Crippen LogP contribution >= 0.6 is 0 Å². The number of benzene rings is 4. The van der Waals surface area contributed by atoms with Crippen molar-refractivity contribution in [3.63, 3.8) is 0 Å². The van der Waals surface area contributed by atoms with Crippen LogP contribution in [0.1, 0.15) is 12.5 Å². The molecule has 4 rings (SSSR count). The first-order valence-electron chi connectivity index (χ1n) is 16.0. The van der Waals surface area contributed by atoms with Crippen LogP contribution in [-0.2, 0) is 9.53 Å². The Bertz CT molecular complexity index is 1390. The van der Waals surface area contributed by atoms with Crippen LogP contribution in [0, 0.1) is 0 Å². The molecule has 0 fully saturated rings. The summed E-state index contributed by atoms with van der Waals surface area (Å²) in [7, 11) is -5.93. The minimum absolute atomic E-state index is 0.0688. The van der Waals surface area contributed by atoms with Gasteiger partial charge in [0, 0.05) is 0 Å². The molecule has 4 aromatic carbocycles. The number of hydrogen-bond acceptors (Lipinski definition) is 2. The normalized spacial score (nSPS) is 13.0. The Morgan fingerprint density at radius 3 is 1.20 bits per heavy atom. The predicted octanol–water partition coefficient (Wildman–Crippen LogP) is 8.09. The molecule has 0 atom stereocenters. The molecule has 0 unspecified atom stereocenters. The van der Waals surface area contributed by atoms with E-state index in [9.17, 15) is 4.79 Å². The van der Waals surface area contributed by atoms with Crippen LogP contribution in [0.3, 0.4) is 0 Å². The van der Waals surface area contributed by atoms with Gasteiger partial charge in [-0.25, -0.2) is 0 Å². The van der Waals surface area contributed by atoms with Crippen LogP contribution in [0.2, 0.25) is 51.5 Å². The van der Waals surface area contributed by atoms with Gasteiger partial charge in [0.1, 0.15) is 0 Å². The zero-order valence-corrected chi connectivity index (χ0v) is 33.6. The van der Waals surface area contributed by atoms with Gasteiger partial charge in [-0.2, -0.15) is 0 Å². The van der Waals surface area contributed by atoms with Crippen molar-refractivity contribution in [2.24, 2.45) is 0 Å². The molecule has 0 aliphatic heterocycles. The van der Waals surface area contributed by atoms with Gasteiger partial charge in [0.15, 0.2) is 0 Å². The Morgan fingerprint density at radius 1 is 0.568 bits per heavy atom. The van der Waals surface area contributed by atoms with Gasteiger partial charge in [0.2, 0.25) is 0 Å². The second-order valence-electron chi connectivity index (χ2n) is 14.2. The molecular formula is C38H50O2Si3Sn. The average Bonchev–Trinajstić information content (AvgIpc) is 3.01. The molecule has 0 amide bonds. The number of hydrogen-bond donors (Lipinski definition) is 0. The first-order chi connectivity index (χ1) is 20.9. The second kappa shape index (κ2) is 14.8. The molecule has 0 bridgehead atoms. The van der Waals surface area contributed by atoms with E-state index in [1.54, 1.807) is 0 Å². The summed E-state index contributed by atoms with van der Waals surface area (Å²) >= 11 is -3.73. The van der Waals surface area contributed by atoms with E-state index >= 15 is 0 Å². The van der Waals surface area contributed by atoms with Crippen LogP contribution in [0.5, 0.6) is 0 Å². The standard InChI is InChI=1S/C11H11O2.3C9H13Si.Sn/c1-2-13-11(12)9-8-10-6-4-3-5-7-10;3*1-10(2,3)9-7-5-4-6-8-9;/h3-8H,2H2,1H3;3*4-8H,1H2,2-3H3;. The zero-order chi connectivity index (χ0) is 31.8. The summed E-state index contributed by atoms with van der Waals surface area (Å²) in [5.41, 5.74) is 1.11. The second-order valence-corrected chi connectivity index (χ2v) is 46.3. The molecule has 0 aromatic heterocycles. The SMILES string of the molecule is CCOC(=O)/[C](=C/c1ccccc1)[Sn]([CH2][Si](C)(C)c1ccccc1)([CH2][Si](C)(C)c1ccccc1)[CH2][Si](C)(C)c1ccccc1. The van der Waals surface area contributed by atoms with E-state index in [-0.39, 0.29) is 5.97 Å². The van der Waals surface area contributed by atoms with E-state index in [1.807, 2.05) is 6.92 Å². The van der Waals surface area contributed by atoms with Crippen molar-refractivity contribution in [1.29, 1.82) is 0 Å². The van der Waals surface area contributed by atoms with Crippen molar-refractivity contribution in [2.45, 2.75) is 58.4 Å². The van der Waals surface area contributed by atoms with Crippen LogP contribution < -0.4 is 15.6 Å². The summed E-state index contributed by atoms with van der Waals surface area (Å²) in [6.45, 7) is 17.6. The molecule has 0 spiro atoms. The Hall–Kier alpha value is -2.46. The van der Waals surface area contributed by atoms with Gasteiger partial charge in [-0.15, -0.1) is 0 Å². The van der Waals surface area contributed by atoms with Crippen molar-refractivity contribution in [2.75, 3.05) is 6.61 Å². The number of carbonyl (C=O) groups is 1. The van der Waals surface area contributed by atoms with Gasteiger partial charge in [0.05, 0.1) is 0 Å². The first kappa shape index (κ1) is 34.4. The van der Waals surface area contributed by atoms with Crippen LogP contribution in [0.15, 0.2) is 125 Å². The van der Waals surface area contributed by atoms with Gasteiger partial charge >= 0.3 is 275 Å². The first-order valence-corrected chi connectivity index (χ1v) is 33.1. The summed E-state index contributed by atoms with van der Waals surface area (Å²) in [5, 5.41) is 4.46. The molecule has 6 heteroatoms. The van der Waals surface area contributed by atoms with Gasteiger partial charge in [-0.05, 0) is 0 Å². The third-order valence-electron chi connectivity index (χ3n) is 9.18. The van der Waals surface area contributed by atoms with Crippen molar-refractivity contribution in [1.82, 2.24) is 0 Å². The van der Waals surface area contributed by atoms with E-state index in [4.69, 9.17) is 4.74 Å². The fourth-order valence-electron chi connectivity index (χ4n) is 7.34. The van der Waals surface area contributed by atoms with Crippen molar-refractivity contribution in [3.05, 3.63) is 130 Å². The Labute approximate surface area is 273 Å².